The summed E-state index contributed by atoms with van der Waals surface area (Å²) in [5.41, 5.74) is 5.34. The van der Waals surface area contributed by atoms with E-state index in [4.69, 9.17) is 0 Å². The number of urea groups is 1. The van der Waals surface area contributed by atoms with Gasteiger partial charge in [-0.25, -0.2) is 14.8 Å². The lowest BCUT2D eigenvalue weighted by Gasteiger charge is -2.18. The third-order valence-corrected chi connectivity index (χ3v) is 4.65. The highest BCUT2D eigenvalue weighted by Crippen LogP contribution is 2.23. The predicted octanol–water partition coefficient (Wildman–Crippen LogP) is 3.95. The van der Waals surface area contributed by atoms with Crippen LogP contribution in [0, 0.1) is 27.7 Å². The van der Waals surface area contributed by atoms with Crippen molar-refractivity contribution in [2.45, 2.75) is 40.5 Å². The summed E-state index contributed by atoms with van der Waals surface area (Å²) in [6.07, 6.45) is 2.36. The zero-order chi connectivity index (χ0) is 18.0. The minimum Gasteiger partial charge on any atom is -0.341 e. The molecule has 0 unspecified atom stereocenters. The van der Waals surface area contributed by atoms with Crippen LogP contribution in [-0.2, 0) is 0 Å². The van der Waals surface area contributed by atoms with E-state index in [0.717, 1.165) is 41.7 Å². The maximum atomic E-state index is 12.3. The highest BCUT2D eigenvalue weighted by molar-refractivity contribution is 6.00. The second-order valence-electron chi connectivity index (χ2n) is 6.64. The lowest BCUT2D eigenvalue weighted by molar-refractivity contribution is 0.262. The fourth-order valence-electron chi connectivity index (χ4n) is 3.03. The van der Waals surface area contributed by atoms with Crippen molar-refractivity contribution in [1.82, 2.24) is 9.97 Å². The Bertz CT molecular complexity index is 773. The van der Waals surface area contributed by atoms with E-state index in [2.05, 4.69) is 25.5 Å². The first kappa shape index (κ1) is 17.2. The van der Waals surface area contributed by atoms with Gasteiger partial charge < -0.3 is 15.5 Å². The maximum absolute atomic E-state index is 12.3. The number of hydrogen-bond acceptors (Lipinski definition) is 4. The second-order valence-corrected chi connectivity index (χ2v) is 6.64. The van der Waals surface area contributed by atoms with E-state index in [1.165, 1.54) is 18.4 Å². The van der Waals surface area contributed by atoms with Crippen molar-refractivity contribution in [3.05, 3.63) is 40.7 Å². The number of nitrogens with one attached hydrogen (secondary N) is 2. The van der Waals surface area contributed by atoms with Crippen molar-refractivity contribution in [2.24, 2.45) is 0 Å². The number of amides is 2. The van der Waals surface area contributed by atoms with E-state index < -0.39 is 0 Å². The van der Waals surface area contributed by atoms with Crippen LogP contribution in [-0.4, -0.2) is 29.1 Å². The van der Waals surface area contributed by atoms with Crippen molar-refractivity contribution >= 4 is 23.4 Å². The van der Waals surface area contributed by atoms with E-state index in [1.54, 1.807) is 0 Å². The molecule has 0 bridgehead atoms. The van der Waals surface area contributed by atoms with Crippen molar-refractivity contribution in [1.29, 1.82) is 0 Å². The van der Waals surface area contributed by atoms with Crippen LogP contribution in [0.2, 0.25) is 0 Å². The lowest BCUT2D eigenvalue weighted by Crippen LogP contribution is -2.24. The predicted molar refractivity (Wildman–Crippen MR) is 102 cm³/mol. The van der Waals surface area contributed by atoms with Crippen molar-refractivity contribution in [3.8, 4) is 0 Å². The quantitative estimate of drug-likeness (QED) is 0.888. The van der Waals surface area contributed by atoms with E-state index in [-0.39, 0.29) is 6.03 Å². The molecule has 6 nitrogen and oxygen atoms in total. The van der Waals surface area contributed by atoms with E-state index in [1.807, 2.05) is 45.9 Å². The molecule has 1 fully saturated rings. The van der Waals surface area contributed by atoms with Gasteiger partial charge in [-0.2, -0.15) is 0 Å². The molecule has 0 aliphatic carbocycles. The van der Waals surface area contributed by atoms with Crippen LogP contribution in [0.4, 0.5) is 22.1 Å². The third kappa shape index (κ3) is 3.90. The summed E-state index contributed by atoms with van der Waals surface area (Å²) >= 11 is 0. The molecule has 0 saturated carbocycles. The summed E-state index contributed by atoms with van der Waals surface area (Å²) in [7, 11) is 0. The number of aromatic nitrogens is 2. The standard InChI is InChI=1S/C19H25N5O/c1-12-7-8-16(11-13(12)2)22-19(25)23-17-14(3)20-18(21-15(17)4)24-9-5-6-10-24/h7-8,11H,5-6,9-10H2,1-4H3,(H2,22,23,25). The van der Waals surface area contributed by atoms with Gasteiger partial charge in [0.2, 0.25) is 5.95 Å². The van der Waals surface area contributed by atoms with Crippen LogP contribution in [0.1, 0.15) is 35.4 Å². The van der Waals surface area contributed by atoms with Crippen molar-refractivity contribution in [2.75, 3.05) is 28.6 Å². The second kappa shape index (κ2) is 7.09. The summed E-state index contributed by atoms with van der Waals surface area (Å²) in [4.78, 5) is 23.7. The summed E-state index contributed by atoms with van der Waals surface area (Å²) in [6.45, 7) is 9.88. The molecular weight excluding hydrogens is 314 g/mol. The zero-order valence-corrected chi connectivity index (χ0v) is 15.3. The van der Waals surface area contributed by atoms with Gasteiger partial charge in [0.15, 0.2) is 0 Å². The Morgan fingerprint density at radius 1 is 0.960 bits per heavy atom. The molecule has 2 aromatic rings. The number of aryl methyl sites for hydroxylation is 4. The first-order chi connectivity index (χ1) is 11.9. The van der Waals surface area contributed by atoms with Crippen molar-refractivity contribution in [3.63, 3.8) is 0 Å². The Hall–Kier alpha value is -2.63. The van der Waals surface area contributed by atoms with Gasteiger partial charge in [-0.3, -0.25) is 0 Å². The van der Waals surface area contributed by atoms with Crippen molar-refractivity contribution < 1.29 is 4.79 Å². The molecule has 1 saturated heterocycles. The van der Waals surface area contributed by atoms with Gasteiger partial charge in [-0.05, 0) is 63.8 Å². The van der Waals surface area contributed by atoms with Gasteiger partial charge in [0.05, 0.1) is 17.1 Å². The molecule has 6 heteroatoms. The Morgan fingerprint density at radius 3 is 2.20 bits per heavy atom. The average Bonchev–Trinajstić information content (AvgIpc) is 3.09. The highest BCUT2D eigenvalue weighted by Gasteiger charge is 2.18. The maximum Gasteiger partial charge on any atom is 0.323 e. The van der Waals surface area contributed by atoms with E-state index in [9.17, 15) is 4.79 Å². The minimum absolute atomic E-state index is 0.285. The normalized spacial score (nSPS) is 13.8. The molecule has 1 aromatic carbocycles. The minimum atomic E-state index is -0.285. The number of benzene rings is 1. The Labute approximate surface area is 148 Å². The number of nitrogens with zero attached hydrogens (tertiary/aromatic N) is 3. The van der Waals surface area contributed by atoms with Crippen LogP contribution in [0.25, 0.3) is 0 Å². The third-order valence-electron chi connectivity index (χ3n) is 4.65. The highest BCUT2D eigenvalue weighted by atomic mass is 16.2. The number of anilines is 3. The van der Waals surface area contributed by atoms with Crippen LogP contribution in [0.5, 0.6) is 0 Å². The molecule has 2 amide bonds. The molecule has 3 rings (SSSR count). The molecule has 2 N–H and O–H groups in total. The van der Waals surface area contributed by atoms with E-state index in [0.29, 0.717) is 5.69 Å². The Balaban J connectivity index is 1.73. The first-order valence-electron chi connectivity index (χ1n) is 8.69. The van der Waals surface area contributed by atoms with Gasteiger partial charge in [-0.1, -0.05) is 6.07 Å². The zero-order valence-electron chi connectivity index (χ0n) is 15.3. The SMILES string of the molecule is Cc1ccc(NC(=O)Nc2c(C)nc(N3CCCC3)nc2C)cc1C. The van der Waals surface area contributed by atoms with Gasteiger partial charge in [0, 0.05) is 18.8 Å². The monoisotopic (exact) mass is 339 g/mol. The lowest BCUT2D eigenvalue weighted by atomic mass is 10.1. The topological polar surface area (TPSA) is 70.2 Å². The summed E-state index contributed by atoms with van der Waals surface area (Å²) in [6, 6.07) is 5.57. The van der Waals surface area contributed by atoms with Crippen LogP contribution >= 0.6 is 0 Å². The molecular formula is C19H25N5O. The molecule has 0 atom stereocenters. The summed E-state index contributed by atoms with van der Waals surface area (Å²) < 4.78 is 0. The molecule has 132 valence electrons. The number of carbonyl (C=O) groups excluding carboxylic acids is 1. The molecule has 2 heterocycles. The number of hydrogen-bond donors (Lipinski definition) is 2. The van der Waals surface area contributed by atoms with Gasteiger partial charge in [0.25, 0.3) is 0 Å². The molecule has 1 aliphatic rings. The van der Waals surface area contributed by atoms with Gasteiger partial charge >= 0.3 is 6.03 Å². The fraction of sp³-hybridized carbons (Fsp3) is 0.421. The molecule has 0 spiro atoms. The number of rotatable bonds is 3. The average molecular weight is 339 g/mol. The Morgan fingerprint density at radius 2 is 1.60 bits per heavy atom. The molecule has 1 aromatic heterocycles. The first-order valence-corrected chi connectivity index (χ1v) is 8.69. The van der Waals surface area contributed by atoms with E-state index >= 15 is 0 Å². The summed E-state index contributed by atoms with van der Waals surface area (Å²) in [5.74, 6) is 0.757. The largest absolute Gasteiger partial charge is 0.341 e. The molecule has 25 heavy (non-hydrogen) atoms. The number of carbonyl (C=O) groups is 1. The summed E-state index contributed by atoms with van der Waals surface area (Å²) in [5, 5.41) is 5.75. The van der Waals surface area contributed by atoms with Crippen LogP contribution in [0.3, 0.4) is 0 Å². The molecule has 0 radical (unpaired) electrons. The van der Waals surface area contributed by atoms with Crippen LogP contribution in [0.15, 0.2) is 18.2 Å². The van der Waals surface area contributed by atoms with Gasteiger partial charge in [0.1, 0.15) is 0 Å². The molecule has 1 aliphatic heterocycles. The van der Waals surface area contributed by atoms with Gasteiger partial charge in [-0.15, -0.1) is 0 Å². The Kier molecular flexibility index (Phi) is 4.88. The van der Waals surface area contributed by atoms with Crippen LogP contribution < -0.4 is 15.5 Å². The smallest absolute Gasteiger partial charge is 0.323 e. The fourth-order valence-corrected chi connectivity index (χ4v) is 3.03.